The number of aromatic nitrogens is 1. The number of para-hydroxylation sites is 1. The lowest BCUT2D eigenvalue weighted by atomic mass is 9.91. The number of hydrogen-bond donors (Lipinski definition) is 1. The molecule has 2 N–H and O–H groups in total. The molecule has 22 heavy (non-hydrogen) atoms. The molecule has 1 aliphatic rings. The third-order valence-corrected chi connectivity index (χ3v) is 4.63. The van der Waals surface area contributed by atoms with Gasteiger partial charge in [0.2, 0.25) is 0 Å². The van der Waals surface area contributed by atoms with Crippen LogP contribution in [0.25, 0.3) is 10.9 Å². The van der Waals surface area contributed by atoms with Crippen molar-refractivity contribution in [3.8, 4) is 0 Å². The Morgan fingerprint density at radius 2 is 2.18 bits per heavy atom. The van der Waals surface area contributed by atoms with Gasteiger partial charge < -0.3 is 10.6 Å². The maximum atomic E-state index is 12.9. The largest absolute Gasteiger partial charge is 0.338 e. The highest BCUT2D eigenvalue weighted by molar-refractivity contribution is 5.98. The molecule has 1 aromatic carbocycles. The van der Waals surface area contributed by atoms with Crippen LogP contribution in [0, 0.1) is 12.8 Å². The van der Waals surface area contributed by atoms with Crippen molar-refractivity contribution in [1.29, 1.82) is 0 Å². The molecule has 4 heteroatoms. The smallest absolute Gasteiger partial charge is 0.255 e. The predicted octanol–water partition coefficient (Wildman–Crippen LogP) is 2.74. The van der Waals surface area contributed by atoms with Gasteiger partial charge in [-0.2, -0.15) is 0 Å². The van der Waals surface area contributed by atoms with Crippen molar-refractivity contribution in [3.05, 3.63) is 41.6 Å². The van der Waals surface area contributed by atoms with Crippen LogP contribution in [-0.4, -0.2) is 34.9 Å². The lowest BCUT2D eigenvalue weighted by Gasteiger charge is -2.34. The molecule has 3 rings (SSSR count). The number of nitrogens with two attached hydrogens (primary N) is 1. The van der Waals surface area contributed by atoms with Crippen molar-refractivity contribution in [2.45, 2.75) is 32.7 Å². The van der Waals surface area contributed by atoms with Gasteiger partial charge in [0.1, 0.15) is 0 Å². The zero-order valence-corrected chi connectivity index (χ0v) is 13.2. The van der Waals surface area contributed by atoms with Crippen LogP contribution in [0.3, 0.4) is 0 Å². The number of hydrogen-bond acceptors (Lipinski definition) is 3. The number of nitrogens with zero attached hydrogens (tertiary/aromatic N) is 2. The van der Waals surface area contributed by atoms with E-state index >= 15 is 0 Å². The van der Waals surface area contributed by atoms with Gasteiger partial charge in [0, 0.05) is 24.5 Å². The fourth-order valence-corrected chi connectivity index (χ4v) is 3.22. The maximum Gasteiger partial charge on any atom is 0.255 e. The molecule has 2 atom stereocenters. The number of amides is 1. The highest BCUT2D eigenvalue weighted by atomic mass is 16.2. The van der Waals surface area contributed by atoms with Gasteiger partial charge in [-0.15, -0.1) is 0 Å². The Bertz CT molecular complexity index is 696. The Hall–Kier alpha value is -1.94. The zero-order valence-electron chi connectivity index (χ0n) is 13.2. The minimum atomic E-state index is 0.0844. The number of carbonyl (C=O) groups is 1. The van der Waals surface area contributed by atoms with E-state index in [0.29, 0.717) is 11.5 Å². The molecule has 0 spiro atoms. The van der Waals surface area contributed by atoms with E-state index in [1.54, 1.807) is 0 Å². The number of aryl methyl sites for hydroxylation is 1. The van der Waals surface area contributed by atoms with Gasteiger partial charge in [0.15, 0.2) is 0 Å². The van der Waals surface area contributed by atoms with Crippen molar-refractivity contribution in [3.63, 3.8) is 0 Å². The molecule has 1 fully saturated rings. The minimum Gasteiger partial charge on any atom is -0.338 e. The van der Waals surface area contributed by atoms with Crippen LogP contribution < -0.4 is 5.73 Å². The van der Waals surface area contributed by atoms with E-state index in [1.807, 2.05) is 49.1 Å². The van der Waals surface area contributed by atoms with Crippen LogP contribution >= 0.6 is 0 Å². The molecule has 1 amide bonds. The summed E-state index contributed by atoms with van der Waals surface area (Å²) in [6, 6.07) is 10.0. The summed E-state index contributed by atoms with van der Waals surface area (Å²) < 4.78 is 0. The van der Waals surface area contributed by atoms with Crippen LogP contribution in [0.15, 0.2) is 30.3 Å². The van der Waals surface area contributed by atoms with Crippen LogP contribution in [0.2, 0.25) is 0 Å². The van der Waals surface area contributed by atoms with Gasteiger partial charge in [0.05, 0.1) is 16.8 Å². The van der Waals surface area contributed by atoms with E-state index in [9.17, 15) is 4.79 Å². The summed E-state index contributed by atoms with van der Waals surface area (Å²) in [5.41, 5.74) is 8.47. The number of likely N-dealkylation sites (tertiary alicyclic amines) is 1. The van der Waals surface area contributed by atoms with Crippen molar-refractivity contribution >= 4 is 16.8 Å². The number of fused-ring (bicyclic) bond motifs is 1. The zero-order chi connectivity index (χ0) is 15.7. The monoisotopic (exact) mass is 297 g/mol. The number of pyridine rings is 1. The van der Waals surface area contributed by atoms with Crippen molar-refractivity contribution in [2.24, 2.45) is 11.7 Å². The predicted molar refractivity (Wildman–Crippen MR) is 88.8 cm³/mol. The van der Waals surface area contributed by atoms with Gasteiger partial charge in [-0.1, -0.05) is 18.2 Å². The Labute approximate surface area is 131 Å². The van der Waals surface area contributed by atoms with E-state index in [4.69, 9.17) is 5.73 Å². The first kappa shape index (κ1) is 15.0. The van der Waals surface area contributed by atoms with Crippen LogP contribution in [0.4, 0.5) is 0 Å². The highest BCUT2D eigenvalue weighted by Crippen LogP contribution is 2.23. The average Bonchev–Trinajstić information content (AvgIpc) is 2.53. The molecule has 0 saturated carbocycles. The third-order valence-electron chi connectivity index (χ3n) is 4.63. The Balaban J connectivity index is 1.90. The van der Waals surface area contributed by atoms with Gasteiger partial charge in [-0.05, 0) is 44.7 Å². The Kier molecular flexibility index (Phi) is 4.12. The summed E-state index contributed by atoms with van der Waals surface area (Å²) in [5, 5.41) is 1.01. The van der Waals surface area contributed by atoms with Gasteiger partial charge in [0.25, 0.3) is 5.91 Å². The topological polar surface area (TPSA) is 59.2 Å². The van der Waals surface area contributed by atoms with E-state index in [1.165, 1.54) is 0 Å². The molecular formula is C18H23N3O. The lowest BCUT2D eigenvalue weighted by molar-refractivity contribution is 0.0660. The summed E-state index contributed by atoms with van der Waals surface area (Å²) in [7, 11) is 0. The fourth-order valence-electron chi connectivity index (χ4n) is 3.22. The molecule has 116 valence electrons. The second kappa shape index (κ2) is 6.05. The number of carbonyl (C=O) groups excluding carboxylic acids is 1. The third kappa shape index (κ3) is 2.83. The average molecular weight is 297 g/mol. The molecule has 1 aliphatic heterocycles. The van der Waals surface area contributed by atoms with E-state index < -0.39 is 0 Å². The molecule has 0 bridgehead atoms. The Morgan fingerprint density at radius 1 is 1.41 bits per heavy atom. The number of piperidine rings is 1. The molecule has 0 radical (unpaired) electrons. The second-order valence-electron chi connectivity index (χ2n) is 6.33. The number of rotatable bonds is 2. The van der Waals surface area contributed by atoms with Gasteiger partial charge >= 0.3 is 0 Å². The van der Waals surface area contributed by atoms with Crippen molar-refractivity contribution in [1.82, 2.24) is 9.88 Å². The molecule has 0 aliphatic carbocycles. The van der Waals surface area contributed by atoms with E-state index in [-0.39, 0.29) is 11.9 Å². The summed E-state index contributed by atoms with van der Waals surface area (Å²) in [5.74, 6) is 0.479. The summed E-state index contributed by atoms with van der Waals surface area (Å²) >= 11 is 0. The lowest BCUT2D eigenvalue weighted by Crippen LogP contribution is -2.45. The summed E-state index contributed by atoms with van der Waals surface area (Å²) in [6.45, 7) is 5.51. The number of benzene rings is 1. The standard InChI is InChI=1S/C18H23N3O/c1-12(19)15-7-5-9-21(11-15)18(22)16-10-14-6-3-4-8-17(14)20-13(16)2/h3-4,6,8,10,12,15H,5,7,9,11,19H2,1-2H3/t12-,15+/m0/s1. The van der Waals surface area contributed by atoms with Crippen LogP contribution in [0.1, 0.15) is 35.8 Å². The molecule has 0 unspecified atom stereocenters. The quantitative estimate of drug-likeness (QED) is 0.927. The summed E-state index contributed by atoms with van der Waals surface area (Å²) in [6.07, 6.45) is 2.13. The van der Waals surface area contributed by atoms with Crippen molar-refractivity contribution in [2.75, 3.05) is 13.1 Å². The molecular weight excluding hydrogens is 274 g/mol. The minimum absolute atomic E-state index is 0.0844. The maximum absolute atomic E-state index is 12.9. The highest BCUT2D eigenvalue weighted by Gasteiger charge is 2.27. The van der Waals surface area contributed by atoms with E-state index in [0.717, 1.165) is 42.5 Å². The fraction of sp³-hybridized carbons (Fsp3) is 0.444. The first-order valence-corrected chi connectivity index (χ1v) is 7.97. The second-order valence-corrected chi connectivity index (χ2v) is 6.33. The first-order chi connectivity index (χ1) is 10.6. The molecule has 2 aromatic rings. The Morgan fingerprint density at radius 3 is 2.95 bits per heavy atom. The van der Waals surface area contributed by atoms with Crippen molar-refractivity contribution < 1.29 is 4.79 Å². The van der Waals surface area contributed by atoms with Crippen LogP contribution in [0.5, 0.6) is 0 Å². The van der Waals surface area contributed by atoms with E-state index in [2.05, 4.69) is 4.98 Å². The summed E-state index contributed by atoms with van der Waals surface area (Å²) in [4.78, 5) is 19.4. The SMILES string of the molecule is Cc1nc2ccccc2cc1C(=O)N1CCC[C@@H]([C@H](C)N)C1. The van der Waals surface area contributed by atoms with Crippen LogP contribution in [-0.2, 0) is 0 Å². The van der Waals surface area contributed by atoms with Gasteiger partial charge in [-0.25, -0.2) is 0 Å². The van der Waals surface area contributed by atoms with Gasteiger partial charge in [-0.3, -0.25) is 9.78 Å². The molecule has 1 aromatic heterocycles. The first-order valence-electron chi connectivity index (χ1n) is 7.97. The molecule has 2 heterocycles. The molecule has 1 saturated heterocycles. The normalized spacial score (nSPS) is 20.1. The molecule has 4 nitrogen and oxygen atoms in total.